The van der Waals surface area contributed by atoms with Gasteiger partial charge in [-0.15, -0.1) is 0 Å². The van der Waals surface area contributed by atoms with Crippen LogP contribution >= 0.6 is 0 Å². The molecule has 0 spiro atoms. The van der Waals surface area contributed by atoms with Crippen LogP contribution in [0.4, 0.5) is 5.69 Å². The maximum atomic E-state index is 6.89. The maximum Gasteiger partial charge on any atom is 0.143 e. The van der Waals surface area contributed by atoms with Gasteiger partial charge in [-0.05, 0) is 89.6 Å². The Kier molecular flexibility index (Phi) is 6.85. The van der Waals surface area contributed by atoms with Gasteiger partial charge in [-0.25, -0.2) is 0 Å². The van der Waals surface area contributed by atoms with Crippen molar-refractivity contribution in [2.24, 2.45) is 4.99 Å². The molecule has 2 heteroatoms. The predicted octanol–water partition coefficient (Wildman–Crippen LogP) is 12.7. The zero-order valence-corrected chi connectivity index (χ0v) is 30.6. The number of para-hydroxylation sites is 1. The van der Waals surface area contributed by atoms with Crippen LogP contribution in [-0.2, 0) is 0 Å². The minimum atomic E-state index is 0.104. The zero-order chi connectivity index (χ0) is 36.7. The molecule has 2 atom stereocenters. The lowest BCUT2D eigenvalue weighted by molar-refractivity contribution is 0.572. The summed E-state index contributed by atoms with van der Waals surface area (Å²) in [4.78, 5) is 5.21. The van der Waals surface area contributed by atoms with Crippen LogP contribution in [0, 0.1) is 0 Å². The average Bonchev–Trinajstić information content (AvgIpc) is 3.85. The summed E-state index contributed by atoms with van der Waals surface area (Å²) in [6.07, 6.45) is 5.72. The molecule has 0 saturated carbocycles. The summed E-state index contributed by atoms with van der Waals surface area (Å²) in [7, 11) is 0. The average molecular weight is 714 g/mol. The molecule has 2 nitrogen and oxygen atoms in total. The van der Waals surface area contributed by atoms with E-state index in [1.165, 1.54) is 81.5 Å². The van der Waals surface area contributed by atoms with Crippen molar-refractivity contribution in [3.8, 4) is 11.1 Å². The molecule has 2 unspecified atom stereocenters. The molecule has 0 N–H and O–H groups in total. The Morgan fingerprint density at radius 3 is 1.75 bits per heavy atom. The quantitative estimate of drug-likeness (QED) is 0.132. The number of hydrogen-bond donors (Lipinski definition) is 0. The monoisotopic (exact) mass is 713 g/mol. The molecule has 9 aromatic carbocycles. The van der Waals surface area contributed by atoms with E-state index in [2.05, 4.69) is 188 Å². The van der Waals surface area contributed by atoms with Crippen molar-refractivity contribution in [1.82, 2.24) is 0 Å². The van der Waals surface area contributed by atoms with Crippen molar-refractivity contribution in [2.45, 2.75) is 18.3 Å². The molecule has 0 radical (unpaired) electrons. The van der Waals surface area contributed by atoms with E-state index in [4.69, 9.17) is 9.41 Å². The third kappa shape index (κ3) is 4.60. The highest BCUT2D eigenvalue weighted by Gasteiger charge is 2.30. The number of rotatable bonds is 4. The summed E-state index contributed by atoms with van der Waals surface area (Å²) in [5.74, 6) is 0.260. The molecule has 2 aliphatic rings. The summed E-state index contributed by atoms with van der Waals surface area (Å²) in [5, 5.41) is 12.5. The van der Waals surface area contributed by atoms with Crippen LogP contribution in [0.5, 0.6) is 0 Å². The highest BCUT2D eigenvalue weighted by Crippen LogP contribution is 2.45. The molecule has 1 aromatic heterocycles. The lowest BCUT2D eigenvalue weighted by Crippen LogP contribution is -2.25. The molecule has 0 saturated heterocycles. The second-order valence-electron chi connectivity index (χ2n) is 15.2. The second kappa shape index (κ2) is 12.2. The van der Waals surface area contributed by atoms with Gasteiger partial charge in [0.2, 0.25) is 0 Å². The number of nitrogens with zero attached hydrogens (tertiary/aromatic N) is 1. The van der Waals surface area contributed by atoms with Gasteiger partial charge in [0.25, 0.3) is 0 Å². The van der Waals surface area contributed by atoms with Crippen LogP contribution in [0.2, 0.25) is 0 Å². The first-order valence-corrected chi connectivity index (χ1v) is 19.6. The number of hydrogen-bond acceptors (Lipinski definition) is 2. The van der Waals surface area contributed by atoms with E-state index < -0.39 is 0 Å². The van der Waals surface area contributed by atoms with E-state index >= 15 is 0 Å². The van der Waals surface area contributed by atoms with Gasteiger partial charge in [-0.3, -0.25) is 4.99 Å². The molecule has 0 amide bonds. The number of benzene rings is 9. The third-order valence-corrected chi connectivity index (χ3v) is 12.3. The molecule has 10 aromatic rings. The van der Waals surface area contributed by atoms with Gasteiger partial charge in [0.05, 0.1) is 17.3 Å². The molecule has 1 aliphatic carbocycles. The summed E-state index contributed by atoms with van der Waals surface area (Å²) >= 11 is 0. The third-order valence-electron chi connectivity index (χ3n) is 12.3. The van der Waals surface area contributed by atoms with Crippen molar-refractivity contribution in [2.75, 3.05) is 0 Å². The van der Waals surface area contributed by atoms with Crippen molar-refractivity contribution in [1.29, 1.82) is 0 Å². The van der Waals surface area contributed by atoms with Gasteiger partial charge >= 0.3 is 0 Å². The molecule has 12 rings (SSSR count). The van der Waals surface area contributed by atoms with Gasteiger partial charge in [0, 0.05) is 21.9 Å². The largest absolute Gasteiger partial charge is 0.456 e. The molecular formula is C54H35NO. The van der Waals surface area contributed by atoms with Crippen LogP contribution < -0.4 is 10.6 Å². The summed E-state index contributed by atoms with van der Waals surface area (Å²) in [6.45, 7) is 0. The van der Waals surface area contributed by atoms with Crippen molar-refractivity contribution >= 4 is 77.6 Å². The molecule has 0 fully saturated rings. The Hall–Kier alpha value is -7.03. The Bertz CT molecular complexity index is 3330. The highest BCUT2D eigenvalue weighted by atomic mass is 16.3. The topological polar surface area (TPSA) is 25.5 Å². The van der Waals surface area contributed by atoms with E-state index in [0.29, 0.717) is 0 Å². The number of aliphatic imine (C=N–C) groups is 1. The van der Waals surface area contributed by atoms with Gasteiger partial charge in [0.1, 0.15) is 11.0 Å². The number of furan rings is 1. The first kappa shape index (κ1) is 31.3. The molecule has 0 bridgehead atoms. The molecule has 2 heterocycles. The Morgan fingerprint density at radius 1 is 0.482 bits per heavy atom. The van der Waals surface area contributed by atoms with Crippen LogP contribution in [0.3, 0.4) is 0 Å². The molecule has 56 heavy (non-hydrogen) atoms. The van der Waals surface area contributed by atoms with Crippen LogP contribution in [0.15, 0.2) is 185 Å². The maximum absolute atomic E-state index is 6.89. The fourth-order valence-electron chi connectivity index (χ4n) is 9.86. The lowest BCUT2D eigenvalue weighted by atomic mass is 9.81. The van der Waals surface area contributed by atoms with E-state index in [1.54, 1.807) is 0 Å². The molecule has 262 valence electrons. The van der Waals surface area contributed by atoms with Gasteiger partial charge in [-0.2, -0.15) is 0 Å². The van der Waals surface area contributed by atoms with E-state index in [0.717, 1.165) is 34.4 Å². The van der Waals surface area contributed by atoms with E-state index in [1.807, 2.05) is 0 Å². The smallest absolute Gasteiger partial charge is 0.143 e. The van der Waals surface area contributed by atoms with Crippen molar-refractivity contribution < 1.29 is 4.42 Å². The Balaban J connectivity index is 1.01. The number of fused-ring (bicyclic) bond motifs is 11. The summed E-state index contributed by atoms with van der Waals surface area (Å²) in [6, 6.07) is 63.8. The summed E-state index contributed by atoms with van der Waals surface area (Å²) in [5.41, 5.74) is 11.6. The molecule has 1 aliphatic heterocycles. The van der Waals surface area contributed by atoms with Gasteiger partial charge in [0.15, 0.2) is 0 Å². The Morgan fingerprint density at radius 2 is 1.04 bits per heavy atom. The first-order chi connectivity index (χ1) is 27.8. The SMILES string of the molecule is C1=c2oc3c4ccccc4c4ccccc4c3c2=CCC1c1c2ccccc2c(-c2ccc(C3=Nc4ccccc4C3c3ccccc3)cc2)c2ccccc12. The van der Waals surface area contributed by atoms with Gasteiger partial charge < -0.3 is 4.42 Å². The highest BCUT2D eigenvalue weighted by molar-refractivity contribution is 6.24. The normalized spacial score (nSPS) is 16.2. The Labute approximate surface area is 324 Å². The zero-order valence-electron chi connectivity index (χ0n) is 30.6. The molecular weight excluding hydrogens is 679 g/mol. The first-order valence-electron chi connectivity index (χ1n) is 19.6. The fourth-order valence-corrected chi connectivity index (χ4v) is 9.86. The minimum absolute atomic E-state index is 0.104. The minimum Gasteiger partial charge on any atom is -0.456 e. The predicted molar refractivity (Wildman–Crippen MR) is 235 cm³/mol. The van der Waals surface area contributed by atoms with E-state index in [-0.39, 0.29) is 11.8 Å². The van der Waals surface area contributed by atoms with Crippen molar-refractivity contribution in [3.63, 3.8) is 0 Å². The standard InChI is InChI=1S/C54H35NO/c1-2-14-33(15-3-1)51-45-24-12-13-25-47(45)55-53(51)35-28-26-34(27-29-35)49-40-19-7-9-21-42(40)50(43-22-10-8-20-41(43)49)36-30-31-46-48(32-36)56-54-44-23-11-5-17-38(44)37-16-4-6-18-39(37)52(46)54/h1-29,31-32,36,51H,30H2. The van der Waals surface area contributed by atoms with Crippen LogP contribution in [0.1, 0.15) is 40.5 Å². The lowest BCUT2D eigenvalue weighted by Gasteiger charge is -2.22. The summed E-state index contributed by atoms with van der Waals surface area (Å²) < 4.78 is 6.89. The van der Waals surface area contributed by atoms with Crippen LogP contribution in [0.25, 0.3) is 77.3 Å². The van der Waals surface area contributed by atoms with E-state index in [9.17, 15) is 0 Å². The van der Waals surface area contributed by atoms with Crippen molar-refractivity contribution in [3.05, 3.63) is 209 Å². The fraction of sp³-hybridized carbons (Fsp3) is 0.0556. The second-order valence-corrected chi connectivity index (χ2v) is 15.2. The van der Waals surface area contributed by atoms with Crippen LogP contribution in [-0.4, -0.2) is 5.71 Å². The van der Waals surface area contributed by atoms with Gasteiger partial charge in [-0.1, -0.05) is 176 Å².